The molecule has 1 aromatic carbocycles. The van der Waals surface area contributed by atoms with Crippen molar-refractivity contribution >= 4 is 23.5 Å². The van der Waals surface area contributed by atoms with Crippen molar-refractivity contribution in [3.05, 3.63) is 24.0 Å². The Hall–Kier alpha value is -2.68. The number of halogens is 1. The van der Waals surface area contributed by atoms with E-state index in [0.29, 0.717) is 23.6 Å². The standard InChI is InChI=1S/C23H34FN7O/c1-30-13-11-17(12-14-30)31(18-9-10-20(32-2)19(24)15-18)23-28-21(25)27-22(29-23)26-16-7-5-3-4-6-8-16/h9-10,15-17H,3-8,11-14H2,1-2H3,(H3,25,26,27,28,29). The van der Waals surface area contributed by atoms with E-state index in [4.69, 9.17) is 15.5 Å². The van der Waals surface area contributed by atoms with E-state index in [0.717, 1.165) is 38.8 Å². The van der Waals surface area contributed by atoms with Gasteiger partial charge >= 0.3 is 0 Å². The highest BCUT2D eigenvalue weighted by Crippen LogP contribution is 2.33. The molecule has 1 aromatic heterocycles. The van der Waals surface area contributed by atoms with E-state index in [9.17, 15) is 4.39 Å². The molecule has 0 amide bonds. The van der Waals surface area contributed by atoms with Crippen LogP contribution >= 0.6 is 0 Å². The molecule has 0 spiro atoms. The van der Waals surface area contributed by atoms with Crippen LogP contribution in [0.25, 0.3) is 0 Å². The highest BCUT2D eigenvalue weighted by Gasteiger charge is 2.28. The minimum Gasteiger partial charge on any atom is -0.494 e. The summed E-state index contributed by atoms with van der Waals surface area (Å²) in [5.74, 6) is 0.904. The van der Waals surface area contributed by atoms with Gasteiger partial charge in [0.15, 0.2) is 11.6 Å². The van der Waals surface area contributed by atoms with Crippen LogP contribution in [0.1, 0.15) is 51.4 Å². The van der Waals surface area contributed by atoms with Crippen molar-refractivity contribution < 1.29 is 9.13 Å². The third kappa shape index (κ3) is 5.38. The van der Waals surface area contributed by atoms with Crippen molar-refractivity contribution in [1.29, 1.82) is 0 Å². The summed E-state index contributed by atoms with van der Waals surface area (Å²) < 4.78 is 19.7. The topological polar surface area (TPSA) is 92.4 Å². The molecular weight excluding hydrogens is 409 g/mol. The Bertz CT molecular complexity index is 896. The first-order chi connectivity index (χ1) is 15.5. The Morgan fingerprint density at radius 1 is 1.06 bits per heavy atom. The molecule has 2 aliphatic rings. The van der Waals surface area contributed by atoms with Gasteiger partial charge in [0.05, 0.1) is 7.11 Å². The molecule has 3 N–H and O–H groups in total. The van der Waals surface area contributed by atoms with Gasteiger partial charge in [-0.1, -0.05) is 25.7 Å². The number of likely N-dealkylation sites (tertiary alicyclic amines) is 1. The molecule has 9 heteroatoms. The van der Waals surface area contributed by atoms with Crippen molar-refractivity contribution in [3.8, 4) is 5.75 Å². The Morgan fingerprint density at radius 2 is 1.78 bits per heavy atom. The SMILES string of the molecule is COc1ccc(N(c2nc(N)nc(NC3CCCCCC3)n2)C2CCN(C)CC2)cc1F. The maximum Gasteiger partial charge on any atom is 0.236 e. The maximum atomic E-state index is 14.6. The van der Waals surface area contributed by atoms with Crippen LogP contribution in [-0.4, -0.2) is 59.2 Å². The Morgan fingerprint density at radius 3 is 2.44 bits per heavy atom. The lowest BCUT2D eigenvalue weighted by Crippen LogP contribution is -2.42. The van der Waals surface area contributed by atoms with E-state index >= 15 is 0 Å². The number of methoxy groups -OCH3 is 1. The molecule has 1 saturated heterocycles. The van der Waals surface area contributed by atoms with Crippen LogP contribution in [0, 0.1) is 5.82 Å². The summed E-state index contributed by atoms with van der Waals surface area (Å²) in [7, 11) is 3.58. The minimum atomic E-state index is -0.415. The van der Waals surface area contributed by atoms with Crippen LogP contribution in [0.4, 0.5) is 27.9 Å². The number of aromatic nitrogens is 3. The van der Waals surface area contributed by atoms with Crippen LogP contribution in [0.15, 0.2) is 18.2 Å². The second kappa shape index (κ2) is 10.3. The van der Waals surface area contributed by atoms with Crippen molar-refractivity contribution in [2.24, 2.45) is 0 Å². The zero-order valence-corrected chi connectivity index (χ0v) is 19.1. The molecule has 2 heterocycles. The summed E-state index contributed by atoms with van der Waals surface area (Å²) in [6.07, 6.45) is 9.00. The van der Waals surface area contributed by atoms with Gasteiger partial charge in [0, 0.05) is 23.8 Å². The van der Waals surface area contributed by atoms with E-state index in [1.807, 2.05) is 11.0 Å². The molecule has 1 saturated carbocycles. The second-order valence-corrected chi connectivity index (χ2v) is 8.87. The summed E-state index contributed by atoms with van der Waals surface area (Å²) in [6.45, 7) is 1.90. The van der Waals surface area contributed by atoms with Gasteiger partial charge in [0.2, 0.25) is 17.8 Å². The van der Waals surface area contributed by atoms with Crippen LogP contribution in [0.3, 0.4) is 0 Å². The number of hydrogen-bond acceptors (Lipinski definition) is 8. The van der Waals surface area contributed by atoms with Crippen LogP contribution in [0.2, 0.25) is 0 Å². The number of nitrogens with zero attached hydrogens (tertiary/aromatic N) is 5. The minimum absolute atomic E-state index is 0.131. The lowest BCUT2D eigenvalue weighted by molar-refractivity contribution is 0.254. The van der Waals surface area contributed by atoms with E-state index in [-0.39, 0.29) is 17.7 Å². The van der Waals surface area contributed by atoms with Gasteiger partial charge in [-0.3, -0.25) is 0 Å². The number of nitrogens with one attached hydrogen (secondary N) is 1. The second-order valence-electron chi connectivity index (χ2n) is 8.87. The zero-order valence-electron chi connectivity index (χ0n) is 19.1. The predicted octanol–water partition coefficient (Wildman–Crippen LogP) is 3.97. The number of nitrogen functional groups attached to an aromatic ring is 1. The summed E-state index contributed by atoms with van der Waals surface area (Å²) in [5.41, 5.74) is 6.79. The summed E-state index contributed by atoms with van der Waals surface area (Å²) in [4.78, 5) is 17.9. The summed E-state index contributed by atoms with van der Waals surface area (Å²) >= 11 is 0. The van der Waals surface area contributed by atoms with Gasteiger partial charge in [-0.25, -0.2) is 4.39 Å². The molecule has 2 aromatic rings. The highest BCUT2D eigenvalue weighted by molar-refractivity contribution is 5.61. The average Bonchev–Trinajstić information content (AvgIpc) is 3.04. The molecule has 0 bridgehead atoms. The number of anilines is 4. The fourth-order valence-corrected chi connectivity index (χ4v) is 4.71. The van der Waals surface area contributed by atoms with E-state index in [1.54, 1.807) is 6.07 Å². The van der Waals surface area contributed by atoms with Crippen molar-refractivity contribution in [2.75, 3.05) is 43.2 Å². The molecule has 8 nitrogen and oxygen atoms in total. The van der Waals surface area contributed by atoms with E-state index < -0.39 is 5.82 Å². The van der Waals surface area contributed by atoms with Gasteiger partial charge in [-0.15, -0.1) is 0 Å². The van der Waals surface area contributed by atoms with Gasteiger partial charge < -0.3 is 25.6 Å². The molecule has 0 radical (unpaired) electrons. The molecule has 0 atom stereocenters. The Kier molecular flexibility index (Phi) is 7.24. The lowest BCUT2D eigenvalue weighted by Gasteiger charge is -2.37. The number of hydrogen-bond donors (Lipinski definition) is 2. The molecule has 1 aliphatic heterocycles. The van der Waals surface area contributed by atoms with Crippen molar-refractivity contribution in [2.45, 2.75) is 63.5 Å². The predicted molar refractivity (Wildman–Crippen MR) is 125 cm³/mol. The molecule has 2 fully saturated rings. The molecule has 1 aliphatic carbocycles. The quantitative estimate of drug-likeness (QED) is 0.648. The van der Waals surface area contributed by atoms with Crippen LogP contribution in [-0.2, 0) is 0 Å². The van der Waals surface area contributed by atoms with Gasteiger partial charge in [-0.05, 0) is 58.0 Å². The number of benzene rings is 1. The van der Waals surface area contributed by atoms with Crippen molar-refractivity contribution in [3.63, 3.8) is 0 Å². The number of ether oxygens (including phenoxy) is 1. The van der Waals surface area contributed by atoms with Crippen LogP contribution < -0.4 is 20.7 Å². The summed E-state index contributed by atoms with van der Waals surface area (Å²) in [6, 6.07) is 5.43. The molecule has 174 valence electrons. The van der Waals surface area contributed by atoms with E-state index in [1.165, 1.54) is 38.9 Å². The van der Waals surface area contributed by atoms with Gasteiger partial charge in [-0.2, -0.15) is 15.0 Å². The number of rotatable bonds is 6. The number of piperidine rings is 1. The third-order valence-electron chi connectivity index (χ3n) is 6.51. The first-order valence-electron chi connectivity index (χ1n) is 11.6. The van der Waals surface area contributed by atoms with Crippen LogP contribution in [0.5, 0.6) is 5.75 Å². The fraction of sp³-hybridized carbons (Fsp3) is 0.609. The zero-order chi connectivity index (χ0) is 22.5. The Labute approximate surface area is 189 Å². The smallest absolute Gasteiger partial charge is 0.236 e. The Balaban J connectivity index is 1.67. The third-order valence-corrected chi connectivity index (χ3v) is 6.51. The number of nitrogens with two attached hydrogens (primary N) is 1. The fourth-order valence-electron chi connectivity index (χ4n) is 4.71. The monoisotopic (exact) mass is 443 g/mol. The average molecular weight is 444 g/mol. The van der Waals surface area contributed by atoms with Gasteiger partial charge in [0.25, 0.3) is 0 Å². The first-order valence-corrected chi connectivity index (χ1v) is 11.6. The lowest BCUT2D eigenvalue weighted by atomic mass is 10.0. The molecule has 32 heavy (non-hydrogen) atoms. The highest BCUT2D eigenvalue weighted by atomic mass is 19.1. The normalized spacial score (nSPS) is 18.8. The van der Waals surface area contributed by atoms with E-state index in [2.05, 4.69) is 27.2 Å². The molecule has 0 unspecified atom stereocenters. The maximum absolute atomic E-state index is 14.6. The first kappa shape index (κ1) is 22.5. The van der Waals surface area contributed by atoms with Gasteiger partial charge in [0.1, 0.15) is 0 Å². The molecular formula is C23H34FN7O. The van der Waals surface area contributed by atoms with Crippen molar-refractivity contribution in [1.82, 2.24) is 19.9 Å². The molecule has 4 rings (SSSR count). The summed E-state index contributed by atoms with van der Waals surface area (Å²) in [5, 5.41) is 3.48. The largest absolute Gasteiger partial charge is 0.494 e.